The molecule has 2 heterocycles. The lowest BCUT2D eigenvalue weighted by molar-refractivity contribution is 0.0382. The molecular formula is C21H26N2O4. The van der Waals surface area contributed by atoms with Crippen molar-refractivity contribution in [2.75, 3.05) is 39.4 Å². The molecule has 1 aromatic carbocycles. The van der Waals surface area contributed by atoms with Crippen molar-refractivity contribution in [3.8, 4) is 5.75 Å². The minimum Gasteiger partial charge on any atom is -0.486 e. The van der Waals surface area contributed by atoms with Gasteiger partial charge in [-0.05, 0) is 54.7 Å². The van der Waals surface area contributed by atoms with Crippen LogP contribution in [0.3, 0.4) is 0 Å². The van der Waals surface area contributed by atoms with Crippen LogP contribution in [0.4, 0.5) is 0 Å². The zero-order chi connectivity index (χ0) is 18.5. The van der Waals surface area contributed by atoms with Crippen molar-refractivity contribution in [2.45, 2.75) is 25.9 Å². The number of nitrogens with one attached hydrogen (secondary N) is 1. The smallest absolute Gasteiger partial charge is 0.287 e. The summed E-state index contributed by atoms with van der Waals surface area (Å²) in [5, 5.41) is 2.91. The Balaban J connectivity index is 1.23. The number of carbonyl (C=O) groups excluding carboxylic acids is 1. The van der Waals surface area contributed by atoms with Gasteiger partial charge in [-0.3, -0.25) is 9.69 Å². The van der Waals surface area contributed by atoms with Crippen LogP contribution in [0.25, 0.3) is 0 Å². The van der Waals surface area contributed by atoms with Gasteiger partial charge in [0.25, 0.3) is 5.91 Å². The van der Waals surface area contributed by atoms with Gasteiger partial charge in [-0.1, -0.05) is 6.07 Å². The van der Waals surface area contributed by atoms with Crippen LogP contribution >= 0.6 is 0 Å². The molecule has 4 rings (SSSR count). The number of nitrogens with zero attached hydrogens (tertiary/aromatic N) is 1. The average molecular weight is 370 g/mol. The average Bonchev–Trinajstić information content (AvgIpc) is 3.36. The SMILES string of the molecule is O=C(NCCN1CCOCC1)c1ccc(COc2ccc3c(c2)CCC3)o1. The molecule has 0 bridgehead atoms. The molecule has 144 valence electrons. The third-order valence-corrected chi connectivity index (χ3v) is 5.15. The molecule has 6 nitrogen and oxygen atoms in total. The highest BCUT2D eigenvalue weighted by atomic mass is 16.5. The molecule has 1 N–H and O–H groups in total. The molecule has 6 heteroatoms. The number of furan rings is 1. The molecule has 1 fully saturated rings. The monoisotopic (exact) mass is 370 g/mol. The lowest BCUT2D eigenvalue weighted by atomic mass is 10.1. The Morgan fingerprint density at radius 1 is 1.11 bits per heavy atom. The number of benzene rings is 1. The Hall–Kier alpha value is -2.31. The molecule has 0 unspecified atom stereocenters. The van der Waals surface area contributed by atoms with E-state index in [1.165, 1.54) is 17.5 Å². The minimum absolute atomic E-state index is 0.188. The molecule has 27 heavy (non-hydrogen) atoms. The van der Waals surface area contributed by atoms with Gasteiger partial charge in [-0.2, -0.15) is 0 Å². The van der Waals surface area contributed by atoms with E-state index in [0.29, 0.717) is 24.7 Å². The van der Waals surface area contributed by atoms with E-state index >= 15 is 0 Å². The Kier molecular flexibility index (Phi) is 5.75. The van der Waals surface area contributed by atoms with Gasteiger partial charge in [0.1, 0.15) is 18.1 Å². The zero-order valence-corrected chi connectivity index (χ0v) is 15.5. The first-order chi connectivity index (χ1) is 13.3. The summed E-state index contributed by atoms with van der Waals surface area (Å²) in [6.45, 7) is 5.10. The Morgan fingerprint density at radius 2 is 1.96 bits per heavy atom. The van der Waals surface area contributed by atoms with Gasteiger partial charge in [0, 0.05) is 26.2 Å². The maximum absolute atomic E-state index is 12.2. The van der Waals surface area contributed by atoms with E-state index in [1.54, 1.807) is 12.1 Å². The van der Waals surface area contributed by atoms with Crippen molar-refractivity contribution in [3.05, 3.63) is 53.0 Å². The fourth-order valence-electron chi connectivity index (χ4n) is 3.61. The summed E-state index contributed by atoms with van der Waals surface area (Å²) in [4.78, 5) is 14.5. The Bertz CT molecular complexity index is 780. The van der Waals surface area contributed by atoms with E-state index < -0.39 is 0 Å². The number of aryl methyl sites for hydroxylation is 2. The predicted molar refractivity (Wildman–Crippen MR) is 101 cm³/mol. The molecule has 2 aliphatic rings. The van der Waals surface area contributed by atoms with Crippen molar-refractivity contribution in [2.24, 2.45) is 0 Å². The van der Waals surface area contributed by atoms with Crippen LogP contribution in [0.1, 0.15) is 33.9 Å². The fraction of sp³-hybridized carbons (Fsp3) is 0.476. The van der Waals surface area contributed by atoms with Gasteiger partial charge in [0.2, 0.25) is 0 Å². The predicted octanol–water partition coefficient (Wildman–Crippen LogP) is 2.41. The highest BCUT2D eigenvalue weighted by Gasteiger charge is 2.14. The number of rotatable bonds is 7. The van der Waals surface area contributed by atoms with E-state index in [4.69, 9.17) is 13.9 Å². The van der Waals surface area contributed by atoms with Crippen LogP contribution in [-0.2, 0) is 24.2 Å². The molecule has 1 amide bonds. The quantitative estimate of drug-likeness (QED) is 0.811. The van der Waals surface area contributed by atoms with E-state index in [2.05, 4.69) is 22.3 Å². The number of carbonyl (C=O) groups is 1. The summed E-state index contributed by atoms with van der Waals surface area (Å²) >= 11 is 0. The van der Waals surface area contributed by atoms with Gasteiger partial charge in [0.05, 0.1) is 13.2 Å². The van der Waals surface area contributed by atoms with Crippen molar-refractivity contribution < 1.29 is 18.7 Å². The van der Waals surface area contributed by atoms with E-state index in [0.717, 1.165) is 51.4 Å². The maximum atomic E-state index is 12.2. The summed E-state index contributed by atoms with van der Waals surface area (Å²) in [7, 11) is 0. The Morgan fingerprint density at radius 3 is 2.85 bits per heavy atom. The second kappa shape index (κ2) is 8.59. The van der Waals surface area contributed by atoms with Crippen molar-refractivity contribution >= 4 is 5.91 Å². The molecule has 1 aliphatic carbocycles. The molecule has 1 saturated heterocycles. The number of fused-ring (bicyclic) bond motifs is 1. The number of amides is 1. The van der Waals surface area contributed by atoms with Gasteiger partial charge in [0.15, 0.2) is 5.76 Å². The van der Waals surface area contributed by atoms with Crippen molar-refractivity contribution in [1.29, 1.82) is 0 Å². The number of morpholine rings is 1. The maximum Gasteiger partial charge on any atom is 0.287 e. The van der Waals surface area contributed by atoms with Gasteiger partial charge >= 0.3 is 0 Å². The molecule has 0 radical (unpaired) electrons. The lowest BCUT2D eigenvalue weighted by Gasteiger charge is -2.26. The van der Waals surface area contributed by atoms with Gasteiger partial charge in [-0.15, -0.1) is 0 Å². The lowest BCUT2D eigenvalue weighted by Crippen LogP contribution is -2.41. The number of ether oxygens (including phenoxy) is 2. The zero-order valence-electron chi connectivity index (χ0n) is 15.5. The van der Waals surface area contributed by atoms with Crippen LogP contribution < -0.4 is 10.1 Å². The van der Waals surface area contributed by atoms with Crippen LogP contribution in [0.15, 0.2) is 34.7 Å². The number of hydrogen-bond acceptors (Lipinski definition) is 5. The minimum atomic E-state index is -0.188. The molecule has 1 aromatic heterocycles. The summed E-state index contributed by atoms with van der Waals surface area (Å²) in [6.07, 6.45) is 3.51. The van der Waals surface area contributed by atoms with Gasteiger partial charge < -0.3 is 19.2 Å². The van der Waals surface area contributed by atoms with Crippen molar-refractivity contribution in [1.82, 2.24) is 10.2 Å². The molecule has 0 atom stereocenters. The van der Waals surface area contributed by atoms with Crippen LogP contribution in [0, 0.1) is 0 Å². The second-order valence-electron chi connectivity index (χ2n) is 7.05. The summed E-state index contributed by atoms with van der Waals surface area (Å²) in [5.41, 5.74) is 2.81. The van der Waals surface area contributed by atoms with Crippen molar-refractivity contribution in [3.63, 3.8) is 0 Å². The normalized spacial score (nSPS) is 16.9. The topological polar surface area (TPSA) is 63.9 Å². The number of hydrogen-bond donors (Lipinski definition) is 1. The van der Waals surface area contributed by atoms with Gasteiger partial charge in [-0.25, -0.2) is 0 Å². The van der Waals surface area contributed by atoms with Crippen LogP contribution in [0.5, 0.6) is 5.75 Å². The standard InChI is InChI=1S/C21H26N2O4/c24-21(22-8-9-23-10-12-25-13-11-23)20-7-6-19(27-20)15-26-18-5-4-16-2-1-3-17(16)14-18/h4-7,14H,1-3,8-13,15H2,(H,22,24). The first-order valence-corrected chi connectivity index (χ1v) is 9.69. The molecular weight excluding hydrogens is 344 g/mol. The molecule has 1 aliphatic heterocycles. The summed E-state index contributed by atoms with van der Waals surface area (Å²) < 4.78 is 16.8. The highest BCUT2D eigenvalue weighted by Crippen LogP contribution is 2.26. The molecule has 0 saturated carbocycles. The third kappa shape index (κ3) is 4.70. The van der Waals surface area contributed by atoms with E-state index in [-0.39, 0.29) is 5.91 Å². The second-order valence-corrected chi connectivity index (χ2v) is 7.05. The van der Waals surface area contributed by atoms with E-state index in [9.17, 15) is 4.79 Å². The first-order valence-electron chi connectivity index (χ1n) is 9.69. The first kappa shape index (κ1) is 18.1. The summed E-state index contributed by atoms with van der Waals surface area (Å²) in [6, 6.07) is 9.76. The van der Waals surface area contributed by atoms with E-state index in [1.807, 2.05) is 6.07 Å². The largest absolute Gasteiger partial charge is 0.486 e. The summed E-state index contributed by atoms with van der Waals surface area (Å²) in [5.74, 6) is 1.63. The highest BCUT2D eigenvalue weighted by molar-refractivity contribution is 5.91. The molecule has 2 aromatic rings. The Labute approximate surface area is 159 Å². The van der Waals surface area contributed by atoms with Crippen LogP contribution in [-0.4, -0.2) is 50.2 Å². The fourth-order valence-corrected chi connectivity index (χ4v) is 3.61. The third-order valence-electron chi connectivity index (χ3n) is 5.15. The van der Waals surface area contributed by atoms with Crippen LogP contribution in [0.2, 0.25) is 0 Å². The molecule has 0 spiro atoms.